The number of sulfonamides is 1. The first-order chi connectivity index (χ1) is 14.4. The van der Waals surface area contributed by atoms with E-state index in [-0.39, 0.29) is 17.3 Å². The number of nitrogens with one attached hydrogen (secondary N) is 1. The quantitative estimate of drug-likeness (QED) is 0.486. The molecule has 1 aromatic heterocycles. The van der Waals surface area contributed by atoms with E-state index >= 15 is 0 Å². The predicted octanol–water partition coefficient (Wildman–Crippen LogP) is 4.37. The van der Waals surface area contributed by atoms with Crippen molar-refractivity contribution in [3.05, 3.63) is 89.4 Å². The largest absolute Gasteiger partial charge is 0.322 e. The van der Waals surface area contributed by atoms with Crippen LogP contribution in [0.4, 0.5) is 5.69 Å². The standard InChI is InChI=1S/C22H19N3O3S2/c1-25(14-16-5-3-2-4-6-16)30(27,28)19-10-7-17(8-11-19)22(26)24-18-9-12-21-20(13-18)23-15-29-21/h2-13,15H,14H2,1H3,(H,24,26). The Labute approximate surface area is 178 Å². The zero-order valence-electron chi connectivity index (χ0n) is 16.1. The van der Waals surface area contributed by atoms with Crippen molar-refractivity contribution >= 4 is 43.2 Å². The molecule has 3 aromatic carbocycles. The van der Waals surface area contributed by atoms with Crippen LogP contribution in [-0.4, -0.2) is 30.7 Å². The number of aromatic nitrogens is 1. The summed E-state index contributed by atoms with van der Waals surface area (Å²) >= 11 is 1.53. The second-order valence-corrected chi connectivity index (χ2v) is 9.69. The Kier molecular flexibility index (Phi) is 5.63. The molecular formula is C22H19N3O3S2. The molecule has 0 saturated carbocycles. The fraction of sp³-hybridized carbons (Fsp3) is 0.0909. The molecule has 1 heterocycles. The van der Waals surface area contributed by atoms with Gasteiger partial charge in [-0.1, -0.05) is 30.3 Å². The van der Waals surface area contributed by atoms with Gasteiger partial charge >= 0.3 is 0 Å². The van der Waals surface area contributed by atoms with Gasteiger partial charge in [-0.15, -0.1) is 11.3 Å². The number of thiazole rings is 1. The van der Waals surface area contributed by atoms with Crippen molar-refractivity contribution in [1.29, 1.82) is 0 Å². The molecule has 0 unspecified atom stereocenters. The summed E-state index contributed by atoms with van der Waals surface area (Å²) in [4.78, 5) is 16.9. The number of anilines is 1. The molecule has 0 saturated heterocycles. The smallest absolute Gasteiger partial charge is 0.255 e. The van der Waals surface area contributed by atoms with Crippen LogP contribution in [0.2, 0.25) is 0 Å². The van der Waals surface area contributed by atoms with Gasteiger partial charge in [-0.25, -0.2) is 13.4 Å². The minimum absolute atomic E-state index is 0.140. The molecule has 6 nitrogen and oxygen atoms in total. The molecule has 0 aliphatic carbocycles. The lowest BCUT2D eigenvalue weighted by Gasteiger charge is -2.17. The molecule has 0 spiro atoms. The molecule has 0 bridgehead atoms. The van der Waals surface area contributed by atoms with Gasteiger partial charge in [0.2, 0.25) is 10.0 Å². The summed E-state index contributed by atoms with van der Waals surface area (Å²) in [6, 6.07) is 20.8. The number of fused-ring (bicyclic) bond motifs is 1. The SMILES string of the molecule is CN(Cc1ccccc1)S(=O)(=O)c1ccc(C(=O)Nc2ccc3scnc3c2)cc1. The maximum Gasteiger partial charge on any atom is 0.255 e. The van der Waals surface area contributed by atoms with Crippen molar-refractivity contribution in [3.8, 4) is 0 Å². The summed E-state index contributed by atoms with van der Waals surface area (Å²) in [7, 11) is -2.12. The molecule has 1 amide bonds. The average molecular weight is 438 g/mol. The highest BCUT2D eigenvalue weighted by atomic mass is 32.2. The summed E-state index contributed by atoms with van der Waals surface area (Å²) in [5.74, 6) is -0.314. The van der Waals surface area contributed by atoms with Crippen LogP contribution in [0.3, 0.4) is 0 Å². The number of amides is 1. The van der Waals surface area contributed by atoms with Crippen LogP contribution < -0.4 is 5.32 Å². The molecule has 152 valence electrons. The monoisotopic (exact) mass is 437 g/mol. The molecule has 1 N–H and O–H groups in total. The van der Waals surface area contributed by atoms with Crippen LogP contribution in [0, 0.1) is 0 Å². The van der Waals surface area contributed by atoms with Crippen LogP contribution in [-0.2, 0) is 16.6 Å². The van der Waals surface area contributed by atoms with Crippen LogP contribution >= 0.6 is 11.3 Å². The van der Waals surface area contributed by atoms with Crippen molar-refractivity contribution in [1.82, 2.24) is 9.29 Å². The van der Waals surface area contributed by atoms with Gasteiger partial charge in [0.1, 0.15) is 0 Å². The van der Waals surface area contributed by atoms with Crippen molar-refractivity contribution in [2.45, 2.75) is 11.4 Å². The predicted molar refractivity (Wildman–Crippen MR) is 119 cm³/mol. The van der Waals surface area contributed by atoms with Gasteiger partial charge in [0.05, 0.1) is 20.6 Å². The maximum atomic E-state index is 12.8. The Hall–Kier alpha value is -3.07. The second kappa shape index (κ2) is 8.35. The van der Waals surface area contributed by atoms with Crippen molar-refractivity contribution in [3.63, 3.8) is 0 Å². The molecule has 0 fully saturated rings. The number of carbonyl (C=O) groups excluding carboxylic acids is 1. The number of rotatable bonds is 6. The minimum Gasteiger partial charge on any atom is -0.322 e. The highest BCUT2D eigenvalue weighted by molar-refractivity contribution is 7.89. The van der Waals surface area contributed by atoms with Crippen LogP contribution in [0.1, 0.15) is 15.9 Å². The second-order valence-electron chi connectivity index (χ2n) is 6.76. The van der Waals surface area contributed by atoms with Crippen LogP contribution in [0.15, 0.2) is 83.2 Å². The lowest BCUT2D eigenvalue weighted by Crippen LogP contribution is -2.26. The highest BCUT2D eigenvalue weighted by Crippen LogP contribution is 2.22. The molecule has 0 aliphatic heterocycles. The number of carbonyl (C=O) groups is 1. The molecule has 30 heavy (non-hydrogen) atoms. The van der Waals surface area contributed by atoms with Crippen molar-refractivity contribution in [2.24, 2.45) is 0 Å². The summed E-state index contributed by atoms with van der Waals surface area (Å²) in [5, 5.41) is 2.82. The molecule has 4 aromatic rings. The Balaban J connectivity index is 1.47. The zero-order valence-corrected chi connectivity index (χ0v) is 17.8. The number of benzene rings is 3. The fourth-order valence-corrected chi connectivity index (χ4v) is 4.84. The Morgan fingerprint density at radius 2 is 1.77 bits per heavy atom. The molecule has 0 aliphatic rings. The van der Waals surface area contributed by atoms with Gasteiger partial charge < -0.3 is 5.32 Å². The summed E-state index contributed by atoms with van der Waals surface area (Å²) < 4.78 is 28.0. The van der Waals surface area contributed by atoms with E-state index in [9.17, 15) is 13.2 Å². The Bertz CT molecular complexity index is 1280. The number of hydrogen-bond acceptors (Lipinski definition) is 5. The van der Waals surface area contributed by atoms with Crippen LogP contribution in [0.25, 0.3) is 10.2 Å². The molecule has 0 radical (unpaired) electrons. The Morgan fingerprint density at radius 3 is 2.50 bits per heavy atom. The van der Waals surface area contributed by atoms with Gasteiger partial charge in [-0.05, 0) is 48.0 Å². The van der Waals surface area contributed by atoms with Gasteiger partial charge in [0.15, 0.2) is 0 Å². The van der Waals surface area contributed by atoms with E-state index < -0.39 is 10.0 Å². The van der Waals surface area contributed by atoms with E-state index in [1.807, 2.05) is 42.5 Å². The fourth-order valence-electron chi connectivity index (χ4n) is 3.02. The first kappa shape index (κ1) is 20.2. The van der Waals surface area contributed by atoms with E-state index in [2.05, 4.69) is 10.3 Å². The summed E-state index contributed by atoms with van der Waals surface area (Å²) in [6.45, 7) is 0.268. The van der Waals surface area contributed by atoms with Crippen LogP contribution in [0.5, 0.6) is 0 Å². The molecule has 0 atom stereocenters. The van der Waals surface area contributed by atoms with E-state index in [1.165, 1.54) is 47.0 Å². The number of nitrogens with zero attached hydrogens (tertiary/aromatic N) is 2. The lowest BCUT2D eigenvalue weighted by molar-refractivity contribution is 0.102. The molecular weight excluding hydrogens is 418 g/mol. The maximum absolute atomic E-state index is 12.8. The third-order valence-corrected chi connectivity index (χ3v) is 7.29. The first-order valence-corrected chi connectivity index (χ1v) is 11.5. The van der Waals surface area contributed by atoms with Crippen molar-refractivity contribution < 1.29 is 13.2 Å². The molecule has 4 rings (SSSR count). The van der Waals surface area contributed by atoms with Gasteiger partial charge in [-0.2, -0.15) is 4.31 Å². The normalized spacial score (nSPS) is 11.7. The highest BCUT2D eigenvalue weighted by Gasteiger charge is 2.21. The lowest BCUT2D eigenvalue weighted by atomic mass is 10.2. The zero-order chi connectivity index (χ0) is 21.1. The van der Waals surface area contributed by atoms with E-state index in [4.69, 9.17) is 0 Å². The van der Waals surface area contributed by atoms with Gasteiger partial charge in [0.25, 0.3) is 5.91 Å². The minimum atomic E-state index is -3.66. The third kappa shape index (κ3) is 4.25. The topological polar surface area (TPSA) is 79.4 Å². The summed E-state index contributed by atoms with van der Waals surface area (Å²) in [5.41, 5.74) is 4.48. The third-order valence-electron chi connectivity index (χ3n) is 4.66. The van der Waals surface area contributed by atoms with E-state index in [0.29, 0.717) is 11.3 Å². The molecule has 8 heteroatoms. The number of hydrogen-bond donors (Lipinski definition) is 1. The van der Waals surface area contributed by atoms with Crippen molar-refractivity contribution in [2.75, 3.05) is 12.4 Å². The van der Waals surface area contributed by atoms with E-state index in [0.717, 1.165) is 15.8 Å². The van der Waals surface area contributed by atoms with Gasteiger partial charge in [-0.3, -0.25) is 4.79 Å². The van der Waals surface area contributed by atoms with E-state index in [1.54, 1.807) is 11.6 Å². The summed E-state index contributed by atoms with van der Waals surface area (Å²) in [6.07, 6.45) is 0. The van der Waals surface area contributed by atoms with Gasteiger partial charge in [0, 0.05) is 24.8 Å². The first-order valence-electron chi connectivity index (χ1n) is 9.18. The average Bonchev–Trinajstić information content (AvgIpc) is 3.22. The Morgan fingerprint density at radius 1 is 1.03 bits per heavy atom.